The predicted octanol–water partition coefficient (Wildman–Crippen LogP) is 6.15. The summed E-state index contributed by atoms with van der Waals surface area (Å²) in [5.41, 5.74) is -1.35. The minimum Gasteiger partial charge on any atom is -0.443 e. The summed E-state index contributed by atoms with van der Waals surface area (Å²) < 4.78 is 34.9. The molecule has 0 spiro atoms. The first kappa shape index (κ1) is 21.8. The number of ether oxygens (including phenoxy) is 1. The van der Waals surface area contributed by atoms with Crippen LogP contribution in [0.2, 0.25) is 0 Å². The van der Waals surface area contributed by atoms with Gasteiger partial charge >= 0.3 is 12.1 Å². The van der Waals surface area contributed by atoms with E-state index in [2.05, 4.69) is 5.32 Å². The first-order valence-electron chi connectivity index (χ1n) is 7.72. The van der Waals surface area contributed by atoms with Crippen molar-refractivity contribution in [3.8, 4) is 0 Å². The Morgan fingerprint density at radius 2 is 1.56 bits per heavy atom. The van der Waals surface area contributed by atoms with E-state index in [1.807, 2.05) is 45.2 Å². The van der Waals surface area contributed by atoms with Crippen LogP contribution >= 0.6 is 45.2 Å². The fourth-order valence-electron chi connectivity index (χ4n) is 2.02. The standard InChI is InChI=1S/C18H16F2I2N2O3/c1-18(2,3)27-17(26)24(15-7-5-11(22)9-13(15)20)16(25)23-14-6-4-10(21)8-12(14)19/h4-9H,1-3H3,(H,23,25). The van der Waals surface area contributed by atoms with Gasteiger partial charge in [-0.25, -0.2) is 18.4 Å². The van der Waals surface area contributed by atoms with E-state index >= 15 is 0 Å². The van der Waals surface area contributed by atoms with E-state index in [1.165, 1.54) is 30.3 Å². The number of anilines is 2. The average molecular weight is 600 g/mol. The highest BCUT2D eigenvalue weighted by molar-refractivity contribution is 14.1. The number of rotatable bonds is 2. The van der Waals surface area contributed by atoms with Crippen molar-refractivity contribution in [2.45, 2.75) is 26.4 Å². The Bertz CT molecular complexity index is 885. The van der Waals surface area contributed by atoms with Gasteiger partial charge in [-0.1, -0.05) is 0 Å². The van der Waals surface area contributed by atoms with Crippen LogP contribution in [0.25, 0.3) is 0 Å². The molecule has 0 radical (unpaired) electrons. The van der Waals surface area contributed by atoms with Gasteiger partial charge in [-0.15, -0.1) is 0 Å². The molecule has 0 fully saturated rings. The molecule has 0 saturated carbocycles. The largest absolute Gasteiger partial charge is 0.443 e. The van der Waals surface area contributed by atoms with E-state index in [0.717, 1.165) is 0 Å². The second-order valence-electron chi connectivity index (χ2n) is 6.47. The van der Waals surface area contributed by atoms with E-state index in [0.29, 0.717) is 12.0 Å². The van der Waals surface area contributed by atoms with Crippen molar-refractivity contribution in [2.24, 2.45) is 0 Å². The van der Waals surface area contributed by atoms with E-state index in [4.69, 9.17) is 4.74 Å². The molecule has 2 aromatic rings. The van der Waals surface area contributed by atoms with Gasteiger partial charge in [0, 0.05) is 7.14 Å². The molecule has 5 nitrogen and oxygen atoms in total. The van der Waals surface area contributed by atoms with E-state index in [1.54, 1.807) is 26.8 Å². The maximum atomic E-state index is 14.4. The third-order valence-electron chi connectivity index (χ3n) is 3.10. The van der Waals surface area contributed by atoms with E-state index in [9.17, 15) is 18.4 Å². The summed E-state index contributed by atoms with van der Waals surface area (Å²) in [5.74, 6) is -1.46. The number of carbonyl (C=O) groups is 2. The lowest BCUT2D eigenvalue weighted by molar-refractivity contribution is 0.0594. The number of carbonyl (C=O) groups excluding carboxylic acids is 2. The van der Waals surface area contributed by atoms with Gasteiger partial charge in [0.05, 0.1) is 11.4 Å². The molecule has 0 aliphatic carbocycles. The van der Waals surface area contributed by atoms with Crippen molar-refractivity contribution in [1.82, 2.24) is 0 Å². The molecule has 0 heterocycles. The van der Waals surface area contributed by atoms with Crippen molar-refractivity contribution in [2.75, 3.05) is 10.2 Å². The highest BCUT2D eigenvalue weighted by Crippen LogP contribution is 2.25. The SMILES string of the molecule is CC(C)(C)OC(=O)N(C(=O)Nc1ccc(I)cc1F)c1ccc(I)cc1F. The van der Waals surface area contributed by atoms with Gasteiger partial charge in [-0.05, 0) is 102 Å². The molecule has 27 heavy (non-hydrogen) atoms. The molecule has 0 saturated heterocycles. The summed E-state index contributed by atoms with van der Waals surface area (Å²) in [7, 11) is 0. The van der Waals surface area contributed by atoms with Gasteiger partial charge in [-0.2, -0.15) is 4.90 Å². The van der Waals surface area contributed by atoms with E-state index in [-0.39, 0.29) is 11.4 Å². The zero-order valence-electron chi connectivity index (χ0n) is 14.6. The molecular formula is C18H16F2I2N2O3. The Morgan fingerprint density at radius 3 is 2.07 bits per heavy atom. The fraction of sp³-hybridized carbons (Fsp3) is 0.222. The Kier molecular flexibility index (Phi) is 7.00. The number of urea groups is 1. The summed E-state index contributed by atoms with van der Waals surface area (Å²) in [4.78, 5) is 25.7. The molecule has 0 aliphatic rings. The van der Waals surface area contributed by atoms with Crippen LogP contribution in [0, 0.1) is 18.8 Å². The monoisotopic (exact) mass is 600 g/mol. The topological polar surface area (TPSA) is 58.6 Å². The molecule has 144 valence electrons. The van der Waals surface area contributed by atoms with Crippen LogP contribution in [0.15, 0.2) is 36.4 Å². The number of nitrogens with zero attached hydrogens (tertiary/aromatic N) is 1. The predicted molar refractivity (Wildman–Crippen MR) is 116 cm³/mol. The van der Waals surface area contributed by atoms with Gasteiger partial charge in [-0.3, -0.25) is 0 Å². The summed E-state index contributed by atoms with van der Waals surface area (Å²) in [5, 5.41) is 2.28. The number of imide groups is 1. The number of halogens is 4. The molecule has 9 heteroatoms. The Balaban J connectivity index is 2.41. The zero-order valence-corrected chi connectivity index (χ0v) is 19.0. The summed E-state index contributed by atoms with van der Waals surface area (Å²) in [6, 6.07) is 7.12. The van der Waals surface area contributed by atoms with Crippen LogP contribution in [0.3, 0.4) is 0 Å². The Hall–Kier alpha value is -1.50. The summed E-state index contributed by atoms with van der Waals surface area (Å²) in [6.07, 6.45) is -1.08. The molecule has 2 rings (SSSR count). The number of hydrogen-bond donors (Lipinski definition) is 1. The first-order chi connectivity index (χ1) is 12.5. The molecule has 0 aliphatic heterocycles. The maximum Gasteiger partial charge on any atom is 0.423 e. The number of nitrogens with one attached hydrogen (secondary N) is 1. The Labute approximate surface area is 182 Å². The van der Waals surface area contributed by atoms with Crippen LogP contribution in [-0.4, -0.2) is 17.7 Å². The van der Waals surface area contributed by atoms with Crippen molar-refractivity contribution < 1.29 is 23.1 Å². The molecule has 0 aromatic heterocycles. The first-order valence-corrected chi connectivity index (χ1v) is 9.88. The quantitative estimate of drug-likeness (QED) is 0.422. The molecule has 0 bridgehead atoms. The van der Waals surface area contributed by atoms with Crippen molar-refractivity contribution >= 4 is 68.7 Å². The van der Waals surface area contributed by atoms with Gasteiger partial charge < -0.3 is 10.1 Å². The molecule has 2 aromatic carbocycles. The zero-order chi connectivity index (χ0) is 20.4. The minimum absolute atomic E-state index is 0.139. The normalized spacial score (nSPS) is 11.1. The van der Waals surface area contributed by atoms with Crippen LogP contribution in [-0.2, 0) is 4.74 Å². The van der Waals surface area contributed by atoms with Gasteiger partial charge in [0.15, 0.2) is 0 Å². The van der Waals surface area contributed by atoms with Crippen LogP contribution in [0.5, 0.6) is 0 Å². The highest BCUT2D eigenvalue weighted by Gasteiger charge is 2.31. The lowest BCUT2D eigenvalue weighted by atomic mass is 10.2. The van der Waals surface area contributed by atoms with Crippen molar-refractivity contribution in [3.05, 3.63) is 55.2 Å². The van der Waals surface area contributed by atoms with Crippen molar-refractivity contribution in [1.29, 1.82) is 0 Å². The number of benzene rings is 2. The van der Waals surface area contributed by atoms with Gasteiger partial charge in [0.2, 0.25) is 0 Å². The number of hydrogen-bond acceptors (Lipinski definition) is 3. The van der Waals surface area contributed by atoms with Crippen LogP contribution in [0.4, 0.5) is 29.7 Å². The second kappa shape index (κ2) is 8.67. The summed E-state index contributed by atoms with van der Waals surface area (Å²) >= 11 is 3.83. The highest BCUT2D eigenvalue weighted by atomic mass is 127. The lowest BCUT2D eigenvalue weighted by Crippen LogP contribution is -2.44. The molecule has 3 amide bonds. The second-order valence-corrected chi connectivity index (χ2v) is 8.96. The average Bonchev–Trinajstić information content (AvgIpc) is 2.51. The lowest BCUT2D eigenvalue weighted by Gasteiger charge is -2.26. The molecule has 0 atom stereocenters. The Morgan fingerprint density at radius 1 is 1.00 bits per heavy atom. The third kappa shape index (κ3) is 5.99. The van der Waals surface area contributed by atoms with E-state index < -0.39 is 29.4 Å². The van der Waals surface area contributed by atoms with Crippen LogP contribution in [0.1, 0.15) is 20.8 Å². The molecule has 0 unspecified atom stereocenters. The maximum absolute atomic E-state index is 14.4. The third-order valence-corrected chi connectivity index (χ3v) is 4.44. The smallest absolute Gasteiger partial charge is 0.423 e. The van der Waals surface area contributed by atoms with Crippen molar-refractivity contribution in [3.63, 3.8) is 0 Å². The van der Waals surface area contributed by atoms with Gasteiger partial charge in [0.1, 0.15) is 17.2 Å². The summed E-state index contributed by atoms with van der Waals surface area (Å²) in [6.45, 7) is 4.85. The molecular weight excluding hydrogens is 584 g/mol. The van der Waals surface area contributed by atoms with Gasteiger partial charge in [0.25, 0.3) is 0 Å². The minimum atomic E-state index is -1.08. The van der Waals surface area contributed by atoms with Crippen LogP contribution < -0.4 is 10.2 Å². The molecule has 1 N–H and O–H groups in total. The fourth-order valence-corrected chi connectivity index (χ4v) is 2.93. The number of amides is 3.